The Morgan fingerprint density at radius 1 is 1.33 bits per heavy atom. The van der Waals surface area contributed by atoms with Crippen molar-refractivity contribution in [2.75, 3.05) is 32.2 Å². The van der Waals surface area contributed by atoms with Gasteiger partial charge in [0, 0.05) is 27.3 Å². The van der Waals surface area contributed by atoms with Gasteiger partial charge in [-0.25, -0.2) is 4.79 Å². The van der Waals surface area contributed by atoms with Crippen LogP contribution in [0.25, 0.3) is 11.2 Å². The molecule has 0 fully saturated rings. The Morgan fingerprint density at radius 3 is 2.87 bits per heavy atom. The number of ether oxygens (including phenoxy) is 2. The number of hydrogen-bond donors (Lipinski definition) is 3. The van der Waals surface area contributed by atoms with Crippen molar-refractivity contribution in [3.05, 3.63) is 50.7 Å². The standard InChI is InChI=1S/C20H27N5O5/c1-13-6-4-7-15(10-13)30-12-14(26)11-25-16-17(24(2)20(28)23-18(16)27)22-19(25)21-8-5-9-29-3/h4,6-7,10,14,26H,5,8-9,11-12H2,1-3H3,(H,21,22)(H,23,27,28)/t14-/m1/s1. The molecule has 0 aliphatic carbocycles. The van der Waals surface area contributed by atoms with E-state index >= 15 is 0 Å². The van der Waals surface area contributed by atoms with Crippen LogP contribution < -0.4 is 21.3 Å². The molecule has 0 unspecified atom stereocenters. The molecule has 0 amide bonds. The van der Waals surface area contributed by atoms with Crippen LogP contribution in [0.2, 0.25) is 0 Å². The SMILES string of the molecule is COCCCNc1nc2c(c(=O)[nH]c(=O)n2C)n1C[C@@H](O)COc1cccc(C)c1. The molecule has 10 nitrogen and oxygen atoms in total. The number of aromatic nitrogens is 4. The lowest BCUT2D eigenvalue weighted by Gasteiger charge is -2.16. The summed E-state index contributed by atoms with van der Waals surface area (Å²) in [7, 11) is 3.15. The van der Waals surface area contributed by atoms with Crippen molar-refractivity contribution in [3.8, 4) is 5.75 Å². The number of nitrogens with one attached hydrogen (secondary N) is 2. The molecule has 1 aromatic carbocycles. The number of imidazole rings is 1. The molecular weight excluding hydrogens is 390 g/mol. The van der Waals surface area contributed by atoms with E-state index in [4.69, 9.17) is 9.47 Å². The number of fused-ring (bicyclic) bond motifs is 1. The van der Waals surface area contributed by atoms with E-state index in [0.717, 1.165) is 12.0 Å². The van der Waals surface area contributed by atoms with Crippen LogP contribution >= 0.6 is 0 Å². The Labute approximate surface area is 173 Å². The molecule has 3 aromatic rings. The number of aromatic amines is 1. The van der Waals surface area contributed by atoms with E-state index in [-0.39, 0.29) is 24.3 Å². The van der Waals surface area contributed by atoms with E-state index in [1.807, 2.05) is 31.2 Å². The summed E-state index contributed by atoms with van der Waals surface area (Å²) in [5.74, 6) is 1.05. The smallest absolute Gasteiger partial charge is 0.329 e. The van der Waals surface area contributed by atoms with Gasteiger partial charge < -0.3 is 24.5 Å². The second-order valence-corrected chi connectivity index (χ2v) is 7.09. The maximum atomic E-state index is 12.5. The van der Waals surface area contributed by atoms with Gasteiger partial charge in [0.2, 0.25) is 5.95 Å². The number of aliphatic hydroxyl groups is 1. The van der Waals surface area contributed by atoms with Crippen LogP contribution in [-0.4, -0.2) is 57.2 Å². The third-order valence-corrected chi connectivity index (χ3v) is 4.64. The Balaban J connectivity index is 1.85. The summed E-state index contributed by atoms with van der Waals surface area (Å²) in [6.07, 6.45) is -0.173. The van der Waals surface area contributed by atoms with Gasteiger partial charge in [-0.1, -0.05) is 12.1 Å². The number of rotatable bonds is 10. The van der Waals surface area contributed by atoms with Crippen LogP contribution in [0.1, 0.15) is 12.0 Å². The zero-order valence-electron chi connectivity index (χ0n) is 17.3. The lowest BCUT2D eigenvalue weighted by atomic mass is 10.2. The highest BCUT2D eigenvalue weighted by Crippen LogP contribution is 2.17. The third kappa shape index (κ3) is 4.89. The topological polar surface area (TPSA) is 123 Å². The first-order valence-corrected chi connectivity index (χ1v) is 9.70. The number of aryl methyl sites for hydroxylation is 2. The molecule has 0 aliphatic rings. The summed E-state index contributed by atoms with van der Waals surface area (Å²) in [4.78, 5) is 31.1. The second kappa shape index (κ2) is 9.59. The monoisotopic (exact) mass is 417 g/mol. The maximum absolute atomic E-state index is 12.5. The molecular formula is C20H27N5O5. The maximum Gasteiger partial charge on any atom is 0.329 e. The quantitative estimate of drug-likeness (QED) is 0.413. The summed E-state index contributed by atoms with van der Waals surface area (Å²) in [6, 6.07) is 7.53. The summed E-state index contributed by atoms with van der Waals surface area (Å²) in [5.41, 5.74) is 0.395. The highest BCUT2D eigenvalue weighted by Gasteiger charge is 2.19. The lowest BCUT2D eigenvalue weighted by Crippen LogP contribution is -2.31. The van der Waals surface area contributed by atoms with Crippen molar-refractivity contribution in [2.24, 2.45) is 7.05 Å². The highest BCUT2D eigenvalue weighted by atomic mass is 16.5. The molecule has 30 heavy (non-hydrogen) atoms. The summed E-state index contributed by atoms with van der Waals surface area (Å²) < 4.78 is 13.6. The van der Waals surface area contributed by atoms with Crippen LogP contribution in [0.4, 0.5) is 5.95 Å². The van der Waals surface area contributed by atoms with Crippen LogP contribution in [0, 0.1) is 6.92 Å². The number of anilines is 1. The first-order valence-electron chi connectivity index (χ1n) is 9.70. The van der Waals surface area contributed by atoms with Gasteiger partial charge in [-0.3, -0.25) is 14.3 Å². The fraction of sp³-hybridized carbons (Fsp3) is 0.450. The van der Waals surface area contributed by atoms with Gasteiger partial charge in [0.25, 0.3) is 5.56 Å². The Bertz CT molecular complexity index is 1120. The molecule has 1 atom stereocenters. The minimum absolute atomic E-state index is 0.0376. The normalized spacial score (nSPS) is 12.3. The van der Waals surface area contributed by atoms with Crippen molar-refractivity contribution < 1.29 is 14.6 Å². The number of aliphatic hydroxyl groups excluding tert-OH is 1. The summed E-state index contributed by atoms with van der Waals surface area (Å²) >= 11 is 0. The second-order valence-electron chi connectivity index (χ2n) is 7.09. The fourth-order valence-corrected chi connectivity index (χ4v) is 3.12. The Hall–Kier alpha value is -3.11. The largest absolute Gasteiger partial charge is 0.491 e. The number of methoxy groups -OCH3 is 1. The van der Waals surface area contributed by atoms with Gasteiger partial charge in [-0.15, -0.1) is 0 Å². The van der Waals surface area contributed by atoms with Gasteiger partial charge in [0.05, 0.1) is 6.54 Å². The fourth-order valence-electron chi connectivity index (χ4n) is 3.12. The van der Waals surface area contributed by atoms with Crippen molar-refractivity contribution in [1.29, 1.82) is 0 Å². The van der Waals surface area contributed by atoms with E-state index in [2.05, 4.69) is 15.3 Å². The molecule has 0 bridgehead atoms. The molecule has 0 saturated heterocycles. The van der Waals surface area contributed by atoms with Crippen LogP contribution in [0.3, 0.4) is 0 Å². The van der Waals surface area contributed by atoms with Crippen molar-refractivity contribution in [2.45, 2.75) is 26.0 Å². The van der Waals surface area contributed by atoms with E-state index in [0.29, 0.717) is 24.8 Å². The Kier molecular flexibility index (Phi) is 6.91. The average molecular weight is 417 g/mol. The lowest BCUT2D eigenvalue weighted by molar-refractivity contribution is 0.0938. The molecule has 0 spiro atoms. The van der Waals surface area contributed by atoms with Gasteiger partial charge in [-0.05, 0) is 31.0 Å². The van der Waals surface area contributed by atoms with Crippen molar-refractivity contribution in [3.63, 3.8) is 0 Å². The van der Waals surface area contributed by atoms with Crippen molar-refractivity contribution >= 4 is 17.1 Å². The summed E-state index contributed by atoms with van der Waals surface area (Å²) in [5, 5.41) is 13.7. The van der Waals surface area contributed by atoms with Crippen molar-refractivity contribution in [1.82, 2.24) is 19.1 Å². The zero-order valence-corrected chi connectivity index (χ0v) is 17.3. The van der Waals surface area contributed by atoms with E-state index < -0.39 is 17.4 Å². The number of hydrogen-bond acceptors (Lipinski definition) is 7. The molecule has 0 saturated carbocycles. The summed E-state index contributed by atoms with van der Waals surface area (Å²) in [6.45, 7) is 3.18. The zero-order chi connectivity index (χ0) is 21.7. The van der Waals surface area contributed by atoms with Crippen LogP contribution in [0.5, 0.6) is 5.75 Å². The van der Waals surface area contributed by atoms with Gasteiger partial charge in [0.1, 0.15) is 18.5 Å². The van der Waals surface area contributed by atoms with E-state index in [1.165, 1.54) is 11.6 Å². The van der Waals surface area contributed by atoms with Crippen LogP contribution in [0.15, 0.2) is 33.9 Å². The predicted molar refractivity (Wildman–Crippen MR) is 113 cm³/mol. The third-order valence-electron chi connectivity index (χ3n) is 4.64. The molecule has 2 heterocycles. The molecule has 3 rings (SSSR count). The van der Waals surface area contributed by atoms with Gasteiger partial charge in [0.15, 0.2) is 11.2 Å². The van der Waals surface area contributed by atoms with Gasteiger partial charge >= 0.3 is 5.69 Å². The first kappa shape index (κ1) is 21.6. The molecule has 0 radical (unpaired) electrons. The minimum Gasteiger partial charge on any atom is -0.491 e. The molecule has 3 N–H and O–H groups in total. The molecule has 162 valence electrons. The molecule has 0 aliphatic heterocycles. The first-order chi connectivity index (χ1) is 14.4. The highest BCUT2D eigenvalue weighted by molar-refractivity contribution is 5.74. The van der Waals surface area contributed by atoms with E-state index in [1.54, 1.807) is 11.7 Å². The average Bonchev–Trinajstić information content (AvgIpc) is 3.07. The van der Waals surface area contributed by atoms with Crippen LogP contribution in [-0.2, 0) is 18.3 Å². The van der Waals surface area contributed by atoms with E-state index in [9.17, 15) is 14.7 Å². The Morgan fingerprint density at radius 2 is 2.13 bits per heavy atom. The number of benzene rings is 1. The molecule has 10 heteroatoms. The minimum atomic E-state index is -0.904. The molecule has 2 aromatic heterocycles. The predicted octanol–water partition coefficient (Wildman–Crippen LogP) is 0.620. The number of H-pyrrole nitrogens is 1. The van der Waals surface area contributed by atoms with Gasteiger partial charge in [-0.2, -0.15) is 4.98 Å². The number of nitrogens with zero attached hydrogens (tertiary/aromatic N) is 3.